The van der Waals surface area contributed by atoms with Gasteiger partial charge in [-0.05, 0) is 18.0 Å². The molecule has 0 spiro atoms. The van der Waals surface area contributed by atoms with Crippen LogP contribution in [0.2, 0.25) is 5.15 Å². The second-order valence-electron chi connectivity index (χ2n) is 3.98. The van der Waals surface area contributed by atoms with Crippen LogP contribution in [-0.4, -0.2) is 59.6 Å². The van der Waals surface area contributed by atoms with Gasteiger partial charge in [0.25, 0.3) is 5.15 Å². The number of anilines is 1. The van der Waals surface area contributed by atoms with Gasteiger partial charge in [-0.3, -0.25) is 0 Å². The summed E-state index contributed by atoms with van der Waals surface area (Å²) >= 11 is 5.71. The van der Waals surface area contributed by atoms with Gasteiger partial charge in [0.1, 0.15) is 0 Å². The monoisotopic (exact) mass is 314 g/mol. The van der Waals surface area contributed by atoms with Gasteiger partial charge in [0.05, 0.1) is 6.61 Å². The van der Waals surface area contributed by atoms with Gasteiger partial charge in [-0.25, -0.2) is 9.78 Å². The minimum Gasteiger partial charge on any atom is -0.476 e. The lowest BCUT2D eigenvalue weighted by molar-refractivity contribution is 0.0690. The molecule has 0 aromatic carbocycles. The molecule has 1 aromatic heterocycles. The van der Waals surface area contributed by atoms with Crippen molar-refractivity contribution in [3.63, 3.8) is 0 Å². The fourth-order valence-corrected chi connectivity index (χ4v) is 1.81. The molecule has 8 nitrogen and oxygen atoms in total. The van der Waals surface area contributed by atoms with Crippen molar-refractivity contribution in [2.75, 3.05) is 38.3 Å². The van der Waals surface area contributed by atoms with Crippen molar-refractivity contribution < 1.29 is 19.7 Å². The van der Waals surface area contributed by atoms with Gasteiger partial charge in [-0.2, -0.15) is 0 Å². The van der Waals surface area contributed by atoms with Crippen molar-refractivity contribution in [1.29, 1.82) is 0 Å². The maximum atomic E-state index is 11.1. The molecule has 0 unspecified atom stereocenters. The quantitative estimate of drug-likeness (QED) is 0.696. The van der Waals surface area contributed by atoms with Gasteiger partial charge in [0, 0.05) is 26.8 Å². The average molecular weight is 315 g/mol. The van der Waals surface area contributed by atoms with Gasteiger partial charge in [0.2, 0.25) is 5.69 Å². The summed E-state index contributed by atoms with van der Waals surface area (Å²) in [6.45, 7) is 8.20. The maximum Gasteiger partial charge on any atom is 0.360 e. The molecular weight excluding hydrogens is 300 g/mol. The highest BCUT2D eigenvalue weighted by Gasteiger charge is 2.23. The molecule has 0 saturated heterocycles. The predicted molar refractivity (Wildman–Crippen MR) is 76.1 cm³/mol. The fraction of sp³-hybridized carbons (Fsp3) is 0.500. The van der Waals surface area contributed by atoms with Crippen LogP contribution in [0.3, 0.4) is 0 Å². The summed E-state index contributed by atoms with van der Waals surface area (Å²) in [6, 6.07) is 0. The zero-order chi connectivity index (χ0) is 15.8. The number of aromatic nitrogens is 2. The van der Waals surface area contributed by atoms with E-state index >= 15 is 0 Å². The number of aliphatic hydroxyl groups is 1. The van der Waals surface area contributed by atoms with Crippen molar-refractivity contribution in [2.45, 2.75) is 6.42 Å². The molecule has 21 heavy (non-hydrogen) atoms. The number of hydrogen-bond acceptors (Lipinski definition) is 6. The van der Waals surface area contributed by atoms with Crippen LogP contribution in [0.15, 0.2) is 0 Å². The molecule has 0 saturated carbocycles. The van der Waals surface area contributed by atoms with Gasteiger partial charge >= 0.3 is 11.8 Å². The van der Waals surface area contributed by atoms with Crippen LogP contribution in [0.5, 0.6) is 0 Å². The number of ether oxygens (including phenoxy) is 1. The highest BCUT2D eigenvalue weighted by Crippen LogP contribution is 2.28. The smallest absolute Gasteiger partial charge is 0.360 e. The normalized spacial score (nSPS) is 10.2. The van der Waals surface area contributed by atoms with E-state index in [1.807, 2.05) is 0 Å². The molecule has 9 heteroatoms. The Hall–Kier alpha value is -1.95. The Kier molecular flexibility index (Phi) is 6.81. The Morgan fingerprint density at radius 2 is 2.19 bits per heavy atom. The second kappa shape index (κ2) is 8.36. The summed E-state index contributed by atoms with van der Waals surface area (Å²) in [7, 11) is 1.52. The van der Waals surface area contributed by atoms with Gasteiger partial charge in [-0.1, -0.05) is 6.57 Å². The van der Waals surface area contributed by atoms with Gasteiger partial charge in [-0.15, -0.1) is 4.98 Å². The molecule has 0 aliphatic rings. The molecule has 0 atom stereocenters. The van der Waals surface area contributed by atoms with Crippen LogP contribution in [0.4, 0.5) is 11.6 Å². The van der Waals surface area contributed by atoms with Crippen LogP contribution in [0.1, 0.15) is 16.9 Å². The number of hydrogen-bond donors (Lipinski definition) is 2. The van der Waals surface area contributed by atoms with Crippen molar-refractivity contribution in [2.24, 2.45) is 0 Å². The highest BCUT2D eigenvalue weighted by molar-refractivity contribution is 6.32. The Morgan fingerprint density at radius 3 is 2.71 bits per heavy atom. The SMILES string of the molecule is [C-]#[N+]c1nc(Cl)c(C(=O)O)nc1N(CCCO)CCOC. The van der Waals surface area contributed by atoms with E-state index in [4.69, 9.17) is 33.1 Å². The zero-order valence-electron chi connectivity index (χ0n) is 11.4. The van der Waals surface area contributed by atoms with Crippen LogP contribution in [0.25, 0.3) is 4.85 Å². The number of methoxy groups -OCH3 is 1. The van der Waals surface area contributed by atoms with Crippen molar-refractivity contribution in [3.05, 3.63) is 22.3 Å². The van der Waals surface area contributed by atoms with E-state index in [0.717, 1.165) is 0 Å². The molecule has 0 aliphatic carbocycles. The Balaban J connectivity index is 3.23. The largest absolute Gasteiger partial charge is 0.476 e. The zero-order valence-corrected chi connectivity index (χ0v) is 12.2. The van der Waals surface area contributed by atoms with Crippen LogP contribution in [0, 0.1) is 6.57 Å². The lowest BCUT2D eigenvalue weighted by atomic mass is 10.3. The second-order valence-corrected chi connectivity index (χ2v) is 4.34. The number of rotatable bonds is 8. The number of aromatic carboxylic acids is 1. The third-order valence-electron chi connectivity index (χ3n) is 2.58. The fourth-order valence-electron chi connectivity index (χ4n) is 1.61. The molecule has 0 bridgehead atoms. The first-order chi connectivity index (χ1) is 10.0. The minimum atomic E-state index is -1.32. The lowest BCUT2D eigenvalue weighted by Crippen LogP contribution is -2.30. The Labute approximate surface area is 126 Å². The molecule has 2 N–H and O–H groups in total. The maximum absolute atomic E-state index is 11.1. The first kappa shape index (κ1) is 17.1. The van der Waals surface area contributed by atoms with E-state index in [1.165, 1.54) is 7.11 Å². The Bertz CT molecular complexity index is 539. The molecule has 114 valence electrons. The van der Waals surface area contributed by atoms with E-state index < -0.39 is 11.7 Å². The third-order valence-corrected chi connectivity index (χ3v) is 2.84. The molecular formula is C12H15ClN4O4. The lowest BCUT2D eigenvalue weighted by Gasteiger charge is -2.24. The summed E-state index contributed by atoms with van der Waals surface area (Å²) in [5, 5.41) is 17.6. The number of aliphatic hydroxyl groups excluding tert-OH is 1. The van der Waals surface area contributed by atoms with Gasteiger partial charge < -0.3 is 24.7 Å². The Morgan fingerprint density at radius 1 is 1.48 bits per heavy atom. The van der Waals surface area contributed by atoms with Crippen LogP contribution in [-0.2, 0) is 4.74 Å². The van der Waals surface area contributed by atoms with Crippen molar-refractivity contribution in [3.8, 4) is 0 Å². The summed E-state index contributed by atoms with van der Waals surface area (Å²) in [4.78, 5) is 23.6. The molecule has 1 heterocycles. The van der Waals surface area contributed by atoms with E-state index in [9.17, 15) is 4.79 Å². The number of halogens is 1. The number of nitrogens with zero attached hydrogens (tertiary/aromatic N) is 4. The third kappa shape index (κ3) is 4.53. The molecule has 0 fully saturated rings. The van der Waals surface area contributed by atoms with E-state index in [2.05, 4.69) is 14.8 Å². The minimum absolute atomic E-state index is 0.0381. The summed E-state index contributed by atoms with van der Waals surface area (Å²) in [5.41, 5.74) is -0.412. The molecule has 0 radical (unpaired) electrons. The summed E-state index contributed by atoms with van der Waals surface area (Å²) in [5.74, 6) is -1.28. The molecule has 0 aliphatic heterocycles. The summed E-state index contributed by atoms with van der Waals surface area (Å²) in [6.07, 6.45) is 0.438. The topological polar surface area (TPSA) is 100 Å². The number of carboxylic acid groups (broad SMARTS) is 1. The highest BCUT2D eigenvalue weighted by atomic mass is 35.5. The average Bonchev–Trinajstić information content (AvgIpc) is 2.47. The molecule has 1 aromatic rings. The van der Waals surface area contributed by atoms with Crippen LogP contribution < -0.4 is 4.90 Å². The van der Waals surface area contributed by atoms with Crippen molar-refractivity contribution >= 4 is 29.2 Å². The van der Waals surface area contributed by atoms with E-state index in [-0.39, 0.29) is 23.4 Å². The van der Waals surface area contributed by atoms with Gasteiger partial charge in [0.15, 0.2) is 5.82 Å². The van der Waals surface area contributed by atoms with Crippen molar-refractivity contribution in [1.82, 2.24) is 9.97 Å². The van der Waals surface area contributed by atoms with Crippen LogP contribution >= 0.6 is 11.6 Å². The summed E-state index contributed by atoms with van der Waals surface area (Å²) < 4.78 is 4.98. The predicted octanol–water partition coefficient (Wildman–Crippen LogP) is 1.21. The first-order valence-electron chi connectivity index (χ1n) is 6.08. The standard InChI is InChI=1S/C12H15ClN4O4/c1-14-10-11(15-8(12(19)20)9(13)16-10)17(4-3-6-18)5-7-21-2/h18H,3-7H2,2H3,(H,19,20). The first-order valence-corrected chi connectivity index (χ1v) is 6.46. The van der Waals surface area contributed by atoms with E-state index in [1.54, 1.807) is 4.90 Å². The number of carboxylic acids is 1. The molecule has 0 amide bonds. The van der Waals surface area contributed by atoms with E-state index in [0.29, 0.717) is 26.1 Å². The molecule has 1 rings (SSSR count). The number of carbonyl (C=O) groups is 1.